The van der Waals surface area contributed by atoms with Gasteiger partial charge >= 0.3 is 5.97 Å². The minimum Gasteiger partial charge on any atom is -0.493 e. The number of ether oxygens (including phenoxy) is 3. The number of nitrogens with zero attached hydrogens (tertiary/aromatic N) is 1. The fourth-order valence-corrected chi connectivity index (χ4v) is 5.69. The number of carbonyl (C=O) groups is 2. The lowest BCUT2D eigenvalue weighted by molar-refractivity contribution is -0.144. The van der Waals surface area contributed by atoms with Crippen molar-refractivity contribution in [3.8, 4) is 11.5 Å². The second-order valence-electron chi connectivity index (χ2n) is 8.84. The quantitative estimate of drug-likeness (QED) is 0.157. The Morgan fingerprint density at radius 1 is 1.14 bits per heavy atom. The molecule has 6 nitrogen and oxygen atoms in total. The first kappa shape index (κ1) is 29.2. The largest absolute Gasteiger partial charge is 0.493 e. The second kappa shape index (κ2) is 13.4. The van der Waals surface area contributed by atoms with Crippen LogP contribution in [-0.4, -0.2) is 41.4 Å². The summed E-state index contributed by atoms with van der Waals surface area (Å²) in [6.45, 7) is 9.41. The van der Waals surface area contributed by atoms with Crippen LogP contribution in [0, 0.1) is 20.8 Å². The zero-order valence-electron chi connectivity index (χ0n) is 21.8. The lowest BCUT2D eigenvalue weighted by Gasteiger charge is -2.16. The second-order valence-corrected chi connectivity index (χ2v) is 11.4. The van der Waals surface area contributed by atoms with E-state index in [1.54, 1.807) is 13.2 Å². The summed E-state index contributed by atoms with van der Waals surface area (Å²) in [5, 5.41) is 0. The molecule has 1 aliphatic rings. The molecule has 37 heavy (non-hydrogen) atoms. The number of thiocarbonyl (C=S) groups is 1. The number of methoxy groups -OCH3 is 1. The summed E-state index contributed by atoms with van der Waals surface area (Å²) in [7, 11) is 1.59. The van der Waals surface area contributed by atoms with E-state index in [0.717, 1.165) is 22.0 Å². The summed E-state index contributed by atoms with van der Waals surface area (Å²) in [6, 6.07) is 8.04. The smallest absolute Gasteiger partial charge is 0.305 e. The van der Waals surface area contributed by atoms with Gasteiger partial charge in [-0.05, 0) is 95.6 Å². The Hall–Kier alpha value is -2.36. The van der Waals surface area contributed by atoms with Gasteiger partial charge in [-0.3, -0.25) is 14.5 Å². The van der Waals surface area contributed by atoms with Gasteiger partial charge in [0.25, 0.3) is 5.91 Å². The number of amides is 1. The molecule has 0 N–H and O–H groups in total. The summed E-state index contributed by atoms with van der Waals surface area (Å²) in [4.78, 5) is 26.8. The molecule has 2 aromatic rings. The van der Waals surface area contributed by atoms with Crippen molar-refractivity contribution in [3.05, 3.63) is 61.5 Å². The van der Waals surface area contributed by atoms with Crippen molar-refractivity contribution in [3.63, 3.8) is 0 Å². The summed E-state index contributed by atoms with van der Waals surface area (Å²) in [5.74, 6) is 0.732. The van der Waals surface area contributed by atoms with E-state index in [4.69, 9.17) is 26.4 Å². The molecule has 1 fully saturated rings. The van der Waals surface area contributed by atoms with Gasteiger partial charge in [0.05, 0.1) is 23.1 Å². The number of carbonyl (C=O) groups excluding carboxylic acids is 2. The summed E-state index contributed by atoms with van der Waals surface area (Å²) in [6.07, 6.45) is 3.32. The summed E-state index contributed by atoms with van der Waals surface area (Å²) >= 11 is 10.3. The van der Waals surface area contributed by atoms with Crippen LogP contribution >= 0.6 is 39.9 Å². The van der Waals surface area contributed by atoms with Crippen molar-refractivity contribution in [1.29, 1.82) is 0 Å². The molecule has 1 saturated heterocycles. The summed E-state index contributed by atoms with van der Waals surface area (Å²) in [5.41, 5.74) is 5.55. The van der Waals surface area contributed by atoms with E-state index >= 15 is 0 Å². The third-order valence-corrected chi connectivity index (χ3v) is 7.94. The molecule has 3 rings (SSSR count). The first-order valence-electron chi connectivity index (χ1n) is 12.1. The maximum Gasteiger partial charge on any atom is 0.305 e. The molecular weight excluding hydrogens is 574 g/mol. The van der Waals surface area contributed by atoms with Crippen LogP contribution in [0.4, 0.5) is 0 Å². The average Bonchev–Trinajstić information content (AvgIpc) is 3.11. The van der Waals surface area contributed by atoms with E-state index in [1.807, 2.05) is 19.1 Å². The zero-order valence-corrected chi connectivity index (χ0v) is 25.0. The van der Waals surface area contributed by atoms with Crippen molar-refractivity contribution in [2.75, 3.05) is 20.3 Å². The van der Waals surface area contributed by atoms with Crippen LogP contribution in [0.2, 0.25) is 0 Å². The van der Waals surface area contributed by atoms with E-state index < -0.39 is 0 Å². The maximum atomic E-state index is 13.0. The maximum absolute atomic E-state index is 13.0. The molecule has 0 aromatic heterocycles. The molecule has 0 spiro atoms. The monoisotopic (exact) mass is 605 g/mol. The number of esters is 1. The van der Waals surface area contributed by atoms with Crippen LogP contribution in [0.15, 0.2) is 33.6 Å². The van der Waals surface area contributed by atoms with Crippen LogP contribution in [0.5, 0.6) is 11.5 Å². The molecule has 0 saturated carbocycles. The average molecular weight is 607 g/mol. The SMILES string of the molecule is CCCOC(=O)CCCN1C(=O)/C(=C\c2cc(Br)c(OCc3cc(C)c(C)cc3C)c(OC)c2)SC1=S. The molecule has 0 atom stereocenters. The van der Waals surface area contributed by atoms with Crippen molar-refractivity contribution in [2.45, 2.75) is 53.6 Å². The number of hydrogen-bond acceptors (Lipinski definition) is 7. The normalized spacial score (nSPS) is 14.4. The standard InChI is InChI=1S/C28H32BrNO5S2/c1-6-10-34-25(31)8-7-9-30-27(32)24(37-28(30)36)15-20-13-22(29)26(23(14-20)33-5)35-16-21-12-18(3)17(2)11-19(21)4/h11-15H,6-10,16H2,1-5H3/b24-15+. The van der Waals surface area contributed by atoms with E-state index in [1.165, 1.54) is 33.4 Å². The number of rotatable bonds is 11. The highest BCUT2D eigenvalue weighted by Gasteiger charge is 2.31. The Balaban J connectivity index is 1.71. The van der Waals surface area contributed by atoms with Crippen LogP contribution in [0.3, 0.4) is 0 Å². The van der Waals surface area contributed by atoms with Gasteiger partial charge in [-0.15, -0.1) is 0 Å². The highest BCUT2D eigenvalue weighted by molar-refractivity contribution is 9.10. The lowest BCUT2D eigenvalue weighted by Crippen LogP contribution is -2.29. The van der Waals surface area contributed by atoms with Gasteiger partial charge in [0, 0.05) is 13.0 Å². The molecule has 0 unspecified atom stereocenters. The summed E-state index contributed by atoms with van der Waals surface area (Å²) < 4.78 is 18.1. The highest BCUT2D eigenvalue weighted by Crippen LogP contribution is 2.39. The fourth-order valence-electron chi connectivity index (χ4n) is 3.80. The predicted octanol–water partition coefficient (Wildman–Crippen LogP) is 6.90. The van der Waals surface area contributed by atoms with Gasteiger partial charge in [-0.1, -0.05) is 43.0 Å². The van der Waals surface area contributed by atoms with Crippen LogP contribution in [0.25, 0.3) is 6.08 Å². The van der Waals surface area contributed by atoms with Crippen molar-refractivity contribution < 1.29 is 23.8 Å². The van der Waals surface area contributed by atoms with Crippen molar-refractivity contribution >= 4 is 62.2 Å². The third-order valence-electron chi connectivity index (χ3n) is 5.98. The van der Waals surface area contributed by atoms with E-state index in [-0.39, 0.29) is 18.3 Å². The first-order chi connectivity index (χ1) is 17.6. The molecule has 1 heterocycles. The highest BCUT2D eigenvalue weighted by atomic mass is 79.9. The number of hydrogen-bond donors (Lipinski definition) is 0. The number of benzene rings is 2. The topological polar surface area (TPSA) is 65.1 Å². The van der Waals surface area contributed by atoms with Gasteiger partial charge in [-0.2, -0.15) is 0 Å². The lowest BCUT2D eigenvalue weighted by atomic mass is 10.0. The van der Waals surface area contributed by atoms with Gasteiger partial charge < -0.3 is 14.2 Å². The molecular formula is C28H32BrNO5S2. The molecule has 0 aliphatic carbocycles. The van der Waals surface area contributed by atoms with Crippen molar-refractivity contribution in [1.82, 2.24) is 4.90 Å². The van der Waals surface area contributed by atoms with Gasteiger partial charge in [-0.25, -0.2) is 0 Å². The first-order valence-corrected chi connectivity index (χ1v) is 14.1. The van der Waals surface area contributed by atoms with Gasteiger partial charge in [0.2, 0.25) is 0 Å². The number of aryl methyl sites for hydroxylation is 3. The number of halogens is 1. The van der Waals surface area contributed by atoms with E-state index in [9.17, 15) is 9.59 Å². The Kier molecular flexibility index (Phi) is 10.6. The van der Waals surface area contributed by atoms with Gasteiger partial charge in [0.1, 0.15) is 10.9 Å². The minimum absolute atomic E-state index is 0.169. The molecule has 0 bridgehead atoms. The molecule has 0 radical (unpaired) electrons. The van der Waals surface area contributed by atoms with Crippen LogP contribution in [-0.2, 0) is 20.9 Å². The molecule has 1 aliphatic heterocycles. The Labute approximate surface area is 236 Å². The number of thioether (sulfide) groups is 1. The minimum atomic E-state index is -0.255. The van der Waals surface area contributed by atoms with Gasteiger partial charge in [0.15, 0.2) is 11.5 Å². The van der Waals surface area contributed by atoms with Crippen LogP contribution < -0.4 is 9.47 Å². The molecule has 1 amide bonds. The van der Waals surface area contributed by atoms with Crippen molar-refractivity contribution in [2.24, 2.45) is 0 Å². The van der Waals surface area contributed by atoms with E-state index in [0.29, 0.717) is 46.9 Å². The fraction of sp³-hybridized carbons (Fsp3) is 0.393. The van der Waals surface area contributed by atoms with E-state index in [2.05, 4.69) is 48.8 Å². The molecule has 2 aromatic carbocycles. The zero-order chi connectivity index (χ0) is 27.1. The molecule has 9 heteroatoms. The Bertz CT molecular complexity index is 1230. The Morgan fingerprint density at radius 2 is 1.86 bits per heavy atom. The molecule has 198 valence electrons. The third kappa shape index (κ3) is 7.58. The Morgan fingerprint density at radius 3 is 2.57 bits per heavy atom. The van der Waals surface area contributed by atoms with Crippen LogP contribution in [0.1, 0.15) is 54.0 Å². The predicted molar refractivity (Wildman–Crippen MR) is 156 cm³/mol.